The molecule has 234 valence electrons. The monoisotopic (exact) mass is 606 g/mol. The van der Waals surface area contributed by atoms with Gasteiger partial charge in [0.15, 0.2) is 0 Å². The molecule has 2 heteroatoms. The molecule has 46 heavy (non-hydrogen) atoms. The largest absolute Gasteiger partial charge is 0.507 e. The lowest BCUT2D eigenvalue weighted by atomic mass is 9.82. The maximum atomic E-state index is 12.6. The maximum absolute atomic E-state index is 12.6. The molecule has 0 aliphatic carbocycles. The van der Waals surface area contributed by atoms with Gasteiger partial charge >= 0.3 is 0 Å². The summed E-state index contributed by atoms with van der Waals surface area (Å²) < 4.78 is 0. The van der Waals surface area contributed by atoms with Crippen LogP contribution in [0, 0.1) is 0 Å². The zero-order chi connectivity index (χ0) is 32.5. The lowest BCUT2D eigenvalue weighted by molar-refractivity contribution is 0.472. The Bertz CT molecular complexity index is 1880. The summed E-state index contributed by atoms with van der Waals surface area (Å²) in [5.74, 6) is 0.440. The number of rotatable bonds is 9. The smallest absolute Gasteiger partial charge is 0.132 e. The number of hydrogen-bond acceptors (Lipinski definition) is 2. The maximum Gasteiger partial charge on any atom is 0.132 e. The molecular weight excluding hydrogens is 560 g/mol. The first-order chi connectivity index (χ1) is 22.4. The number of aromatic hydroxyl groups is 2. The third kappa shape index (κ3) is 5.24. The fourth-order valence-corrected chi connectivity index (χ4v) is 7.46. The van der Waals surface area contributed by atoms with E-state index in [-0.39, 0.29) is 11.5 Å². The predicted molar refractivity (Wildman–Crippen MR) is 197 cm³/mol. The van der Waals surface area contributed by atoms with Gasteiger partial charge < -0.3 is 10.2 Å². The average molecular weight is 607 g/mol. The van der Waals surface area contributed by atoms with Gasteiger partial charge in [0.25, 0.3) is 0 Å². The van der Waals surface area contributed by atoms with E-state index < -0.39 is 0 Å². The third-order valence-corrected chi connectivity index (χ3v) is 9.90. The van der Waals surface area contributed by atoms with E-state index in [4.69, 9.17) is 0 Å². The van der Waals surface area contributed by atoms with Gasteiger partial charge in [0, 0.05) is 22.3 Å². The van der Waals surface area contributed by atoms with Gasteiger partial charge in [-0.05, 0) is 117 Å². The summed E-state index contributed by atoms with van der Waals surface area (Å²) in [4.78, 5) is 0. The number of hydrogen-bond donors (Lipinski definition) is 2. The van der Waals surface area contributed by atoms with E-state index >= 15 is 0 Å². The zero-order valence-corrected chi connectivity index (χ0v) is 28.2. The van der Waals surface area contributed by atoms with Crippen LogP contribution in [0.1, 0.15) is 74.9 Å². The quantitative estimate of drug-likeness (QED) is 0.172. The molecule has 2 nitrogen and oxygen atoms in total. The standard InChI is InChI=1S/C44H46O2/c1-7-27-21-29(9-3)39(30(10-4)22-27)37-25-33-17-13-15-19-35(33)41(43(37)45)42-36-20-16-14-18-34(36)26-38(44(42)46)40-31(11-5)23-28(8-2)24-32(40)12-6/h13-26,45-46H,7-12H2,1-6H3. The Balaban J connectivity index is 1.78. The Morgan fingerprint density at radius 1 is 0.391 bits per heavy atom. The molecule has 0 aliphatic heterocycles. The van der Waals surface area contributed by atoms with E-state index in [1.807, 2.05) is 12.1 Å². The van der Waals surface area contributed by atoms with Gasteiger partial charge in [0.1, 0.15) is 11.5 Å². The van der Waals surface area contributed by atoms with Crippen molar-refractivity contribution >= 4 is 21.5 Å². The third-order valence-electron chi connectivity index (χ3n) is 9.90. The molecule has 0 fully saturated rings. The number of phenolic OH excluding ortho intramolecular Hbond substituents is 2. The highest BCUT2D eigenvalue weighted by Crippen LogP contribution is 2.53. The lowest BCUT2D eigenvalue weighted by Gasteiger charge is -2.23. The van der Waals surface area contributed by atoms with Crippen LogP contribution in [-0.4, -0.2) is 10.2 Å². The fourth-order valence-electron chi connectivity index (χ4n) is 7.46. The second-order valence-corrected chi connectivity index (χ2v) is 12.4. The number of phenols is 2. The number of benzene rings is 6. The molecule has 0 spiro atoms. The predicted octanol–water partition coefficient (Wildman–Crippen LogP) is 11.8. The number of aryl methyl sites for hydroxylation is 6. The molecule has 6 rings (SSSR count). The van der Waals surface area contributed by atoms with E-state index in [2.05, 4.69) is 114 Å². The molecule has 0 amide bonds. The van der Waals surface area contributed by atoms with Crippen LogP contribution in [0.2, 0.25) is 0 Å². The van der Waals surface area contributed by atoms with Crippen molar-refractivity contribution < 1.29 is 10.2 Å². The summed E-state index contributed by atoms with van der Waals surface area (Å²) in [7, 11) is 0. The summed E-state index contributed by atoms with van der Waals surface area (Å²) in [5.41, 5.74) is 12.9. The molecule has 0 radical (unpaired) electrons. The molecule has 0 atom stereocenters. The van der Waals surface area contributed by atoms with Gasteiger partial charge in [-0.15, -0.1) is 0 Å². The second kappa shape index (κ2) is 13.0. The van der Waals surface area contributed by atoms with E-state index in [0.29, 0.717) is 11.1 Å². The molecule has 2 N–H and O–H groups in total. The molecular formula is C44H46O2. The van der Waals surface area contributed by atoms with Crippen molar-refractivity contribution in [2.75, 3.05) is 0 Å². The van der Waals surface area contributed by atoms with Crippen LogP contribution >= 0.6 is 0 Å². The van der Waals surface area contributed by atoms with Crippen LogP contribution in [0.15, 0.2) is 84.9 Å². The van der Waals surface area contributed by atoms with Crippen molar-refractivity contribution in [3.8, 4) is 44.9 Å². The van der Waals surface area contributed by atoms with Crippen LogP contribution in [0.3, 0.4) is 0 Å². The van der Waals surface area contributed by atoms with Crippen molar-refractivity contribution in [3.05, 3.63) is 118 Å². The van der Waals surface area contributed by atoms with Crippen molar-refractivity contribution in [2.24, 2.45) is 0 Å². The van der Waals surface area contributed by atoms with Crippen LogP contribution in [0.4, 0.5) is 0 Å². The minimum atomic E-state index is 0.220. The van der Waals surface area contributed by atoms with Crippen LogP contribution in [0.5, 0.6) is 11.5 Å². The molecule has 0 saturated carbocycles. The Labute approximate surface area is 274 Å². The summed E-state index contributed by atoms with van der Waals surface area (Å²) in [5, 5.41) is 29.1. The lowest BCUT2D eigenvalue weighted by Crippen LogP contribution is -2.00. The highest BCUT2D eigenvalue weighted by atomic mass is 16.3. The van der Waals surface area contributed by atoms with Gasteiger partial charge in [0.2, 0.25) is 0 Å². The number of fused-ring (bicyclic) bond motifs is 2. The summed E-state index contributed by atoms with van der Waals surface area (Å²) in [6, 6.07) is 30.0. The molecule has 0 aromatic heterocycles. The zero-order valence-electron chi connectivity index (χ0n) is 28.2. The Morgan fingerprint density at radius 2 is 0.717 bits per heavy atom. The van der Waals surface area contributed by atoms with E-state index in [0.717, 1.165) is 82.3 Å². The molecule has 0 aliphatic rings. The second-order valence-electron chi connectivity index (χ2n) is 12.4. The van der Waals surface area contributed by atoms with Crippen LogP contribution < -0.4 is 0 Å². The first-order valence-corrected chi connectivity index (χ1v) is 17.2. The van der Waals surface area contributed by atoms with Gasteiger partial charge in [-0.2, -0.15) is 0 Å². The summed E-state index contributed by atoms with van der Waals surface area (Å²) in [6.45, 7) is 13.2. The van der Waals surface area contributed by atoms with Crippen LogP contribution in [-0.2, 0) is 38.5 Å². The topological polar surface area (TPSA) is 40.5 Å². The highest BCUT2D eigenvalue weighted by Gasteiger charge is 2.26. The molecule has 0 bridgehead atoms. The normalized spacial score (nSPS) is 11.5. The minimum Gasteiger partial charge on any atom is -0.507 e. The highest BCUT2D eigenvalue weighted by molar-refractivity contribution is 6.14. The first kappa shape index (κ1) is 31.4. The Kier molecular flexibility index (Phi) is 8.91. The van der Waals surface area contributed by atoms with Crippen molar-refractivity contribution in [2.45, 2.75) is 80.1 Å². The first-order valence-electron chi connectivity index (χ1n) is 17.2. The van der Waals surface area contributed by atoms with E-state index in [9.17, 15) is 10.2 Å². The fraction of sp³-hybridized carbons (Fsp3) is 0.273. The van der Waals surface area contributed by atoms with Gasteiger partial charge in [0.05, 0.1) is 0 Å². The summed E-state index contributed by atoms with van der Waals surface area (Å²) in [6.07, 6.45) is 5.42. The molecule has 6 aromatic rings. The molecule has 0 unspecified atom stereocenters. The van der Waals surface area contributed by atoms with E-state index in [1.54, 1.807) is 0 Å². The van der Waals surface area contributed by atoms with E-state index in [1.165, 1.54) is 33.4 Å². The van der Waals surface area contributed by atoms with Gasteiger partial charge in [-0.25, -0.2) is 0 Å². The average Bonchev–Trinajstić information content (AvgIpc) is 3.10. The van der Waals surface area contributed by atoms with Crippen molar-refractivity contribution in [3.63, 3.8) is 0 Å². The van der Waals surface area contributed by atoms with Crippen molar-refractivity contribution in [1.29, 1.82) is 0 Å². The summed E-state index contributed by atoms with van der Waals surface area (Å²) >= 11 is 0. The minimum absolute atomic E-state index is 0.220. The Morgan fingerprint density at radius 3 is 1.02 bits per heavy atom. The SMILES string of the molecule is CCc1cc(CC)c(-c2cc3ccccc3c(-c3c(O)c(-c4c(CC)cc(CC)cc4CC)cc4ccccc34)c2O)c(CC)c1. The molecule has 0 saturated heterocycles. The van der Waals surface area contributed by atoms with Gasteiger partial charge in [-0.1, -0.05) is 114 Å². The molecule has 0 heterocycles. The van der Waals surface area contributed by atoms with Crippen LogP contribution in [0.25, 0.3) is 54.9 Å². The van der Waals surface area contributed by atoms with Crippen molar-refractivity contribution in [1.82, 2.24) is 0 Å². The Hall–Kier alpha value is -4.56. The molecule has 6 aromatic carbocycles. The van der Waals surface area contributed by atoms with Gasteiger partial charge in [-0.3, -0.25) is 0 Å².